The van der Waals surface area contributed by atoms with E-state index in [-0.39, 0.29) is 12.5 Å². The second-order valence-corrected chi connectivity index (χ2v) is 6.85. The van der Waals surface area contributed by atoms with Gasteiger partial charge >= 0.3 is 0 Å². The second-order valence-electron chi connectivity index (χ2n) is 5.86. The van der Waals surface area contributed by atoms with Crippen LogP contribution in [0.2, 0.25) is 0 Å². The fourth-order valence-corrected chi connectivity index (χ4v) is 3.52. The zero-order chi connectivity index (χ0) is 17.8. The van der Waals surface area contributed by atoms with Gasteiger partial charge in [-0.25, -0.2) is 0 Å². The fraction of sp³-hybridized carbons (Fsp3) is 0.389. The summed E-state index contributed by atoms with van der Waals surface area (Å²) in [6, 6.07) is 7.84. The maximum absolute atomic E-state index is 12.5. The first kappa shape index (κ1) is 17.7. The van der Waals surface area contributed by atoms with Crippen LogP contribution in [0.4, 0.5) is 4.79 Å². The minimum Gasteiger partial charge on any atom is -0.378 e. The summed E-state index contributed by atoms with van der Waals surface area (Å²) in [7, 11) is 0. The Morgan fingerprint density at radius 1 is 1.20 bits per heavy atom. The lowest BCUT2D eigenvalue weighted by Crippen LogP contribution is -2.46. The lowest BCUT2D eigenvalue weighted by atomic mass is 10.1. The van der Waals surface area contributed by atoms with Gasteiger partial charge in [0.05, 0.1) is 18.1 Å². The summed E-state index contributed by atoms with van der Waals surface area (Å²) < 4.78 is 5.21. The molecule has 0 spiro atoms. The highest BCUT2D eigenvalue weighted by atomic mass is 32.2. The van der Waals surface area contributed by atoms with Gasteiger partial charge in [0.25, 0.3) is 11.1 Å². The van der Waals surface area contributed by atoms with E-state index in [1.54, 1.807) is 11.0 Å². The molecule has 25 heavy (non-hydrogen) atoms. The Kier molecular flexibility index (Phi) is 5.55. The molecule has 0 saturated carbocycles. The Labute approximate surface area is 150 Å². The molecule has 3 rings (SSSR count). The predicted molar refractivity (Wildman–Crippen MR) is 95.9 cm³/mol. The predicted octanol–water partition coefficient (Wildman–Crippen LogP) is 2.14. The molecule has 6 nitrogen and oxygen atoms in total. The van der Waals surface area contributed by atoms with E-state index in [9.17, 15) is 14.4 Å². The molecule has 0 aromatic heterocycles. The van der Waals surface area contributed by atoms with E-state index in [1.165, 1.54) is 5.56 Å². The van der Waals surface area contributed by atoms with Gasteiger partial charge in [-0.1, -0.05) is 31.2 Å². The number of morpholine rings is 1. The van der Waals surface area contributed by atoms with E-state index >= 15 is 0 Å². The van der Waals surface area contributed by atoms with Gasteiger partial charge in [0, 0.05) is 13.1 Å². The number of hydrogen-bond donors (Lipinski definition) is 0. The summed E-state index contributed by atoms with van der Waals surface area (Å²) in [5, 5.41) is -0.400. The Morgan fingerprint density at radius 2 is 1.88 bits per heavy atom. The van der Waals surface area contributed by atoms with Crippen LogP contribution in [0.3, 0.4) is 0 Å². The van der Waals surface area contributed by atoms with Crippen LogP contribution >= 0.6 is 11.8 Å². The number of amides is 3. The third kappa shape index (κ3) is 4.11. The maximum atomic E-state index is 12.5. The van der Waals surface area contributed by atoms with Gasteiger partial charge in [-0.2, -0.15) is 0 Å². The van der Waals surface area contributed by atoms with Crippen molar-refractivity contribution in [3.8, 4) is 0 Å². The monoisotopic (exact) mass is 360 g/mol. The minimum absolute atomic E-state index is 0.212. The number of hydrogen-bond acceptors (Lipinski definition) is 5. The number of rotatable bonds is 4. The van der Waals surface area contributed by atoms with Gasteiger partial charge in [0.15, 0.2) is 0 Å². The van der Waals surface area contributed by atoms with E-state index in [0.717, 1.165) is 28.6 Å². The van der Waals surface area contributed by atoms with Crippen molar-refractivity contribution in [3.63, 3.8) is 0 Å². The standard InChI is InChI=1S/C18H20N2O4S/c1-2-13-3-5-14(6-4-13)11-15-17(22)20(18(23)25-15)12-16(21)19-7-9-24-10-8-19/h3-6,11H,2,7-10,12H2,1H3/b15-11-. The molecule has 0 radical (unpaired) electrons. The second kappa shape index (κ2) is 7.84. The zero-order valence-corrected chi connectivity index (χ0v) is 14.9. The van der Waals surface area contributed by atoms with Crippen molar-refractivity contribution in [2.45, 2.75) is 13.3 Å². The molecule has 0 bridgehead atoms. The molecule has 0 N–H and O–H groups in total. The largest absolute Gasteiger partial charge is 0.378 e. The van der Waals surface area contributed by atoms with Crippen LogP contribution in [0.5, 0.6) is 0 Å². The van der Waals surface area contributed by atoms with Crippen LogP contribution in [-0.4, -0.2) is 59.7 Å². The average molecular weight is 360 g/mol. The number of benzene rings is 1. The first-order chi connectivity index (χ1) is 12.1. The molecular formula is C18H20N2O4S. The van der Waals surface area contributed by atoms with Crippen LogP contribution in [0.1, 0.15) is 18.1 Å². The van der Waals surface area contributed by atoms with Crippen LogP contribution in [0.25, 0.3) is 6.08 Å². The van der Waals surface area contributed by atoms with Gasteiger partial charge in [0.1, 0.15) is 6.54 Å². The highest BCUT2D eigenvalue weighted by molar-refractivity contribution is 8.18. The van der Waals surface area contributed by atoms with Crippen LogP contribution in [0, 0.1) is 0 Å². The third-order valence-electron chi connectivity index (χ3n) is 4.22. The van der Waals surface area contributed by atoms with Gasteiger partial charge in [-0.05, 0) is 35.4 Å². The molecule has 1 aromatic carbocycles. The van der Waals surface area contributed by atoms with E-state index in [2.05, 4.69) is 6.92 Å². The van der Waals surface area contributed by atoms with Crippen molar-refractivity contribution in [2.75, 3.05) is 32.8 Å². The molecule has 2 aliphatic heterocycles. The van der Waals surface area contributed by atoms with E-state index in [0.29, 0.717) is 31.2 Å². The van der Waals surface area contributed by atoms with Crippen LogP contribution in [-0.2, 0) is 20.7 Å². The molecular weight excluding hydrogens is 340 g/mol. The number of carbonyl (C=O) groups excluding carboxylic acids is 3. The molecule has 2 saturated heterocycles. The Bertz CT molecular complexity index is 708. The molecule has 132 valence electrons. The van der Waals surface area contributed by atoms with E-state index in [4.69, 9.17) is 4.74 Å². The quantitative estimate of drug-likeness (QED) is 0.770. The molecule has 0 unspecified atom stereocenters. The number of imide groups is 1. The zero-order valence-electron chi connectivity index (χ0n) is 14.1. The van der Waals surface area contributed by atoms with Gasteiger partial charge < -0.3 is 9.64 Å². The topological polar surface area (TPSA) is 66.9 Å². The number of nitrogens with zero attached hydrogens (tertiary/aromatic N) is 2. The first-order valence-electron chi connectivity index (χ1n) is 8.28. The van der Waals surface area contributed by atoms with Gasteiger partial charge in [0.2, 0.25) is 5.91 Å². The average Bonchev–Trinajstić information content (AvgIpc) is 2.90. The molecule has 2 fully saturated rings. The normalized spacial score (nSPS) is 19.8. The van der Waals surface area contributed by atoms with Crippen molar-refractivity contribution in [1.82, 2.24) is 9.80 Å². The summed E-state index contributed by atoms with van der Waals surface area (Å²) in [6.45, 7) is 3.83. The van der Waals surface area contributed by atoms with Crippen molar-refractivity contribution in [3.05, 3.63) is 40.3 Å². The van der Waals surface area contributed by atoms with Crippen molar-refractivity contribution in [2.24, 2.45) is 0 Å². The van der Waals surface area contributed by atoms with E-state index < -0.39 is 11.1 Å². The summed E-state index contributed by atoms with van der Waals surface area (Å²) in [5.74, 6) is -0.629. The molecule has 7 heteroatoms. The molecule has 0 aliphatic carbocycles. The number of thioether (sulfide) groups is 1. The molecule has 1 aromatic rings. The summed E-state index contributed by atoms with van der Waals surface area (Å²) in [6.07, 6.45) is 2.64. The Balaban J connectivity index is 1.68. The van der Waals surface area contributed by atoms with Gasteiger partial charge in [-0.3, -0.25) is 19.3 Å². The Morgan fingerprint density at radius 3 is 2.52 bits per heavy atom. The lowest BCUT2D eigenvalue weighted by Gasteiger charge is -2.28. The van der Waals surface area contributed by atoms with Gasteiger partial charge in [-0.15, -0.1) is 0 Å². The smallest absolute Gasteiger partial charge is 0.294 e. The number of aryl methyl sites for hydroxylation is 1. The number of ether oxygens (including phenoxy) is 1. The SMILES string of the molecule is CCc1ccc(/C=C2\SC(=O)N(CC(=O)N3CCOCC3)C2=O)cc1. The summed E-state index contributed by atoms with van der Waals surface area (Å²) in [5.41, 5.74) is 2.07. The minimum atomic E-state index is -0.406. The van der Waals surface area contributed by atoms with Crippen molar-refractivity contribution >= 4 is 34.9 Å². The fourth-order valence-electron chi connectivity index (χ4n) is 2.69. The summed E-state index contributed by atoms with van der Waals surface area (Å²) >= 11 is 0.878. The third-order valence-corrected chi connectivity index (χ3v) is 5.12. The van der Waals surface area contributed by atoms with E-state index in [1.807, 2.05) is 24.3 Å². The highest BCUT2D eigenvalue weighted by Crippen LogP contribution is 2.32. The lowest BCUT2D eigenvalue weighted by molar-refractivity contribution is -0.139. The maximum Gasteiger partial charge on any atom is 0.294 e. The molecule has 2 heterocycles. The summed E-state index contributed by atoms with van der Waals surface area (Å²) in [4.78, 5) is 39.9. The molecule has 2 aliphatic rings. The number of carbonyl (C=O) groups is 3. The van der Waals surface area contributed by atoms with Crippen molar-refractivity contribution < 1.29 is 19.1 Å². The molecule has 3 amide bonds. The first-order valence-corrected chi connectivity index (χ1v) is 9.10. The highest BCUT2D eigenvalue weighted by Gasteiger charge is 2.37. The van der Waals surface area contributed by atoms with Crippen LogP contribution in [0.15, 0.2) is 29.2 Å². The van der Waals surface area contributed by atoms with Crippen molar-refractivity contribution in [1.29, 1.82) is 0 Å². The molecule has 0 atom stereocenters. The Hall–Kier alpha value is -2.12. The van der Waals surface area contributed by atoms with Crippen LogP contribution < -0.4 is 0 Å².